The Balaban J connectivity index is 2.61. The van der Waals surface area contributed by atoms with Gasteiger partial charge in [-0.1, -0.05) is 0 Å². The van der Waals surface area contributed by atoms with Crippen LogP contribution in [0.25, 0.3) is 0 Å². The summed E-state index contributed by atoms with van der Waals surface area (Å²) < 4.78 is 0. The first-order chi connectivity index (χ1) is 9.62. The summed E-state index contributed by atoms with van der Waals surface area (Å²) in [5.41, 5.74) is 1.63. The predicted molar refractivity (Wildman–Crippen MR) is 78.7 cm³/mol. The van der Waals surface area contributed by atoms with Gasteiger partial charge < -0.3 is 20.6 Å². The van der Waals surface area contributed by atoms with E-state index in [4.69, 9.17) is 5.11 Å². The van der Waals surface area contributed by atoms with Gasteiger partial charge in [0.1, 0.15) is 0 Å². The second-order valence-corrected chi connectivity index (χ2v) is 4.15. The van der Waals surface area contributed by atoms with Gasteiger partial charge in [-0.05, 0) is 38.1 Å². The molecule has 6 heteroatoms. The minimum atomic E-state index is -0.758. The molecule has 20 heavy (non-hydrogen) atoms. The average molecular weight is 279 g/mol. The van der Waals surface area contributed by atoms with Crippen LogP contribution in [-0.4, -0.2) is 43.2 Å². The highest BCUT2D eigenvalue weighted by atomic mass is 16.3. The third-order valence-corrected chi connectivity index (χ3v) is 2.86. The number of carbonyl (C=O) groups is 2. The van der Waals surface area contributed by atoms with Gasteiger partial charge in [0.05, 0.1) is 6.61 Å². The Morgan fingerprint density at radius 3 is 2.20 bits per heavy atom. The maximum atomic E-state index is 11.5. The maximum Gasteiger partial charge on any atom is 0.313 e. The summed E-state index contributed by atoms with van der Waals surface area (Å²) in [4.78, 5) is 25.0. The molecule has 0 fully saturated rings. The van der Waals surface area contributed by atoms with Crippen LogP contribution in [0.4, 0.5) is 11.4 Å². The molecule has 1 aromatic rings. The van der Waals surface area contributed by atoms with Crippen molar-refractivity contribution in [2.45, 2.75) is 13.8 Å². The Morgan fingerprint density at radius 1 is 1.10 bits per heavy atom. The molecule has 6 nitrogen and oxygen atoms in total. The first-order valence-corrected chi connectivity index (χ1v) is 6.67. The van der Waals surface area contributed by atoms with Gasteiger partial charge >= 0.3 is 11.8 Å². The van der Waals surface area contributed by atoms with Crippen molar-refractivity contribution in [1.82, 2.24) is 5.32 Å². The number of aliphatic hydroxyl groups is 1. The number of benzene rings is 1. The van der Waals surface area contributed by atoms with Crippen LogP contribution in [-0.2, 0) is 9.59 Å². The molecule has 3 N–H and O–H groups in total. The summed E-state index contributed by atoms with van der Waals surface area (Å²) in [6.45, 7) is 5.83. The molecule has 0 heterocycles. The van der Waals surface area contributed by atoms with E-state index in [0.29, 0.717) is 5.69 Å². The summed E-state index contributed by atoms with van der Waals surface area (Å²) in [6, 6.07) is 7.30. The molecule has 0 saturated heterocycles. The second-order valence-electron chi connectivity index (χ2n) is 4.15. The Hall–Kier alpha value is -2.08. The normalized spacial score (nSPS) is 9.95. The van der Waals surface area contributed by atoms with Crippen molar-refractivity contribution in [1.29, 1.82) is 0 Å². The van der Waals surface area contributed by atoms with E-state index in [2.05, 4.69) is 29.4 Å². The SMILES string of the molecule is CCN(CC)c1ccc(NC(=O)C(=O)NCCO)cc1. The van der Waals surface area contributed by atoms with Crippen LogP contribution in [0.2, 0.25) is 0 Å². The summed E-state index contributed by atoms with van der Waals surface area (Å²) in [5.74, 6) is -1.50. The number of amides is 2. The number of aliphatic hydroxyl groups excluding tert-OH is 1. The van der Waals surface area contributed by atoms with E-state index in [9.17, 15) is 9.59 Å². The van der Waals surface area contributed by atoms with Crippen molar-refractivity contribution >= 4 is 23.2 Å². The fraction of sp³-hybridized carbons (Fsp3) is 0.429. The zero-order valence-electron chi connectivity index (χ0n) is 11.8. The van der Waals surface area contributed by atoms with E-state index in [1.54, 1.807) is 12.1 Å². The zero-order chi connectivity index (χ0) is 15.0. The lowest BCUT2D eigenvalue weighted by atomic mass is 10.2. The fourth-order valence-electron chi connectivity index (χ4n) is 1.78. The molecule has 0 aliphatic carbocycles. The minimum absolute atomic E-state index is 0.0626. The third kappa shape index (κ3) is 4.55. The van der Waals surface area contributed by atoms with Crippen molar-refractivity contribution in [2.24, 2.45) is 0 Å². The van der Waals surface area contributed by atoms with Gasteiger partial charge in [0, 0.05) is 31.0 Å². The van der Waals surface area contributed by atoms with Crippen molar-refractivity contribution in [2.75, 3.05) is 36.5 Å². The molecule has 0 spiro atoms. The smallest absolute Gasteiger partial charge is 0.313 e. The highest BCUT2D eigenvalue weighted by molar-refractivity contribution is 6.39. The van der Waals surface area contributed by atoms with Gasteiger partial charge in [0.15, 0.2) is 0 Å². The average Bonchev–Trinajstić information content (AvgIpc) is 2.47. The van der Waals surface area contributed by atoms with E-state index >= 15 is 0 Å². The summed E-state index contributed by atoms with van der Waals surface area (Å²) in [5, 5.41) is 13.4. The summed E-state index contributed by atoms with van der Waals surface area (Å²) in [7, 11) is 0. The van der Waals surface area contributed by atoms with Crippen LogP contribution in [0.5, 0.6) is 0 Å². The van der Waals surface area contributed by atoms with Crippen molar-refractivity contribution in [3.05, 3.63) is 24.3 Å². The highest BCUT2D eigenvalue weighted by Crippen LogP contribution is 2.17. The van der Waals surface area contributed by atoms with E-state index in [1.807, 2.05) is 12.1 Å². The van der Waals surface area contributed by atoms with E-state index in [1.165, 1.54) is 0 Å². The fourth-order valence-corrected chi connectivity index (χ4v) is 1.78. The standard InChI is InChI=1S/C14H21N3O3/c1-3-17(4-2)12-7-5-11(6-8-12)16-14(20)13(19)15-9-10-18/h5-8,18H,3-4,9-10H2,1-2H3,(H,15,19)(H,16,20). The number of nitrogens with zero attached hydrogens (tertiary/aromatic N) is 1. The third-order valence-electron chi connectivity index (χ3n) is 2.86. The van der Waals surface area contributed by atoms with Crippen LogP contribution in [0.3, 0.4) is 0 Å². The van der Waals surface area contributed by atoms with Crippen molar-refractivity contribution < 1.29 is 14.7 Å². The van der Waals surface area contributed by atoms with Crippen molar-refractivity contribution in [3.8, 4) is 0 Å². The molecular formula is C14H21N3O3. The summed E-state index contributed by atoms with van der Waals surface area (Å²) >= 11 is 0. The molecule has 1 rings (SSSR count). The van der Waals surface area contributed by atoms with Gasteiger partial charge in [-0.3, -0.25) is 9.59 Å². The lowest BCUT2D eigenvalue weighted by Gasteiger charge is -2.21. The Morgan fingerprint density at radius 2 is 1.70 bits per heavy atom. The number of nitrogens with one attached hydrogen (secondary N) is 2. The highest BCUT2D eigenvalue weighted by Gasteiger charge is 2.12. The van der Waals surface area contributed by atoms with Crippen LogP contribution in [0.15, 0.2) is 24.3 Å². The lowest BCUT2D eigenvalue weighted by Crippen LogP contribution is -2.36. The van der Waals surface area contributed by atoms with E-state index < -0.39 is 11.8 Å². The molecule has 110 valence electrons. The molecule has 0 bridgehead atoms. The molecule has 0 aliphatic heterocycles. The van der Waals surface area contributed by atoms with Gasteiger partial charge in [-0.25, -0.2) is 0 Å². The van der Waals surface area contributed by atoms with Crippen molar-refractivity contribution in [3.63, 3.8) is 0 Å². The molecule has 0 radical (unpaired) electrons. The van der Waals surface area contributed by atoms with Crippen LogP contribution >= 0.6 is 0 Å². The number of rotatable bonds is 6. The molecule has 0 aliphatic rings. The van der Waals surface area contributed by atoms with Gasteiger partial charge in [0.2, 0.25) is 0 Å². The molecule has 1 aromatic carbocycles. The zero-order valence-corrected chi connectivity index (χ0v) is 11.8. The Labute approximate surface area is 118 Å². The van der Waals surface area contributed by atoms with Gasteiger partial charge in [-0.15, -0.1) is 0 Å². The molecule has 2 amide bonds. The van der Waals surface area contributed by atoms with Gasteiger partial charge in [0.25, 0.3) is 0 Å². The number of hydrogen-bond donors (Lipinski definition) is 3. The van der Waals surface area contributed by atoms with E-state index in [-0.39, 0.29) is 13.2 Å². The minimum Gasteiger partial charge on any atom is -0.395 e. The Bertz CT molecular complexity index is 441. The number of carbonyl (C=O) groups excluding carboxylic acids is 2. The first-order valence-electron chi connectivity index (χ1n) is 6.67. The Kier molecular flexibility index (Phi) is 6.52. The molecule has 0 atom stereocenters. The van der Waals surface area contributed by atoms with E-state index in [0.717, 1.165) is 18.8 Å². The molecule has 0 aromatic heterocycles. The number of anilines is 2. The lowest BCUT2D eigenvalue weighted by molar-refractivity contribution is -0.136. The van der Waals surface area contributed by atoms with Crippen LogP contribution in [0, 0.1) is 0 Å². The van der Waals surface area contributed by atoms with Gasteiger partial charge in [-0.2, -0.15) is 0 Å². The maximum absolute atomic E-state index is 11.5. The predicted octanol–water partition coefficient (Wildman–Crippen LogP) is 0.580. The largest absolute Gasteiger partial charge is 0.395 e. The summed E-state index contributed by atoms with van der Waals surface area (Å²) in [6.07, 6.45) is 0. The molecular weight excluding hydrogens is 258 g/mol. The second kappa shape index (κ2) is 8.16. The van der Waals surface area contributed by atoms with Crippen LogP contribution in [0.1, 0.15) is 13.8 Å². The quantitative estimate of drug-likeness (QED) is 0.665. The molecule has 0 unspecified atom stereocenters. The number of hydrogen-bond acceptors (Lipinski definition) is 4. The first kappa shape index (κ1) is 16.0. The topological polar surface area (TPSA) is 81.7 Å². The van der Waals surface area contributed by atoms with Crippen LogP contribution < -0.4 is 15.5 Å². The monoisotopic (exact) mass is 279 g/mol. The molecule has 0 saturated carbocycles.